The van der Waals surface area contributed by atoms with Crippen molar-refractivity contribution in [1.29, 1.82) is 0 Å². The van der Waals surface area contributed by atoms with Crippen molar-refractivity contribution in [3.05, 3.63) is 28.2 Å². The van der Waals surface area contributed by atoms with Crippen molar-refractivity contribution in [3.63, 3.8) is 0 Å². The summed E-state index contributed by atoms with van der Waals surface area (Å²) in [5.41, 5.74) is 1.32. The molecule has 118 valence electrons. The molecule has 0 spiro atoms. The van der Waals surface area contributed by atoms with Crippen LogP contribution in [0.25, 0.3) is 0 Å². The lowest BCUT2D eigenvalue weighted by molar-refractivity contribution is 0.413. The number of likely N-dealkylation sites (N-methyl/N-ethyl adjacent to an activating group) is 1. The minimum absolute atomic E-state index is 0.496. The van der Waals surface area contributed by atoms with Crippen LogP contribution in [0.15, 0.2) is 22.7 Å². The van der Waals surface area contributed by atoms with Crippen LogP contribution in [0.3, 0.4) is 0 Å². The molecule has 1 N–H and O–H groups in total. The van der Waals surface area contributed by atoms with Crippen molar-refractivity contribution < 1.29 is 4.74 Å². The second kappa shape index (κ2) is 8.70. The SMILES string of the molecule is CCC1SCCSC1C(Cc1cc(OC)ccc1Br)NC. The fourth-order valence-electron chi connectivity index (χ4n) is 2.77. The molecule has 5 heteroatoms. The molecule has 1 aliphatic rings. The van der Waals surface area contributed by atoms with Gasteiger partial charge in [-0.25, -0.2) is 0 Å². The standard InChI is InChI=1S/C16H24BrNOS2/c1-4-15-16(21-8-7-20-15)14(18-2)10-11-9-12(19-3)5-6-13(11)17/h5-6,9,14-16,18H,4,7-8,10H2,1-3H3. The second-order valence-corrected chi connectivity index (χ2v) is 8.70. The molecule has 0 aliphatic carbocycles. The first-order valence-electron chi connectivity index (χ1n) is 7.42. The molecule has 1 aromatic rings. The minimum Gasteiger partial charge on any atom is -0.497 e. The zero-order chi connectivity index (χ0) is 15.2. The van der Waals surface area contributed by atoms with Crippen molar-refractivity contribution in [1.82, 2.24) is 5.32 Å². The van der Waals surface area contributed by atoms with Crippen molar-refractivity contribution in [2.45, 2.75) is 36.3 Å². The maximum Gasteiger partial charge on any atom is 0.119 e. The van der Waals surface area contributed by atoms with E-state index in [1.807, 2.05) is 6.07 Å². The van der Waals surface area contributed by atoms with Crippen molar-refractivity contribution in [3.8, 4) is 5.75 Å². The van der Waals surface area contributed by atoms with Crippen molar-refractivity contribution in [2.75, 3.05) is 25.7 Å². The molecule has 2 rings (SSSR count). The number of ether oxygens (including phenoxy) is 1. The van der Waals surface area contributed by atoms with E-state index in [0.717, 1.165) is 17.4 Å². The van der Waals surface area contributed by atoms with E-state index < -0.39 is 0 Å². The quantitative estimate of drug-likeness (QED) is 0.785. The third kappa shape index (κ3) is 4.57. The number of rotatable bonds is 6. The lowest BCUT2D eigenvalue weighted by Crippen LogP contribution is -2.45. The average molecular weight is 390 g/mol. The van der Waals surface area contributed by atoms with Crippen LogP contribution in [0, 0.1) is 0 Å². The first-order valence-corrected chi connectivity index (χ1v) is 10.3. The van der Waals surface area contributed by atoms with Gasteiger partial charge in [0.05, 0.1) is 7.11 Å². The van der Waals surface area contributed by atoms with Crippen molar-refractivity contribution >= 4 is 39.5 Å². The van der Waals surface area contributed by atoms with Gasteiger partial charge in [-0.1, -0.05) is 22.9 Å². The van der Waals surface area contributed by atoms with E-state index in [-0.39, 0.29) is 0 Å². The van der Waals surface area contributed by atoms with Crippen LogP contribution >= 0.6 is 39.5 Å². The van der Waals surface area contributed by atoms with Gasteiger partial charge in [-0.2, -0.15) is 23.5 Å². The first-order chi connectivity index (χ1) is 10.2. The highest BCUT2D eigenvalue weighted by atomic mass is 79.9. The summed E-state index contributed by atoms with van der Waals surface area (Å²) in [6.07, 6.45) is 2.28. The summed E-state index contributed by atoms with van der Waals surface area (Å²) in [5, 5.41) is 4.99. The summed E-state index contributed by atoms with van der Waals surface area (Å²) >= 11 is 7.95. The summed E-state index contributed by atoms with van der Waals surface area (Å²) in [6.45, 7) is 2.31. The lowest BCUT2D eigenvalue weighted by atomic mass is 10.00. The summed E-state index contributed by atoms with van der Waals surface area (Å²) in [5.74, 6) is 3.49. The van der Waals surface area contributed by atoms with Gasteiger partial charge in [0.15, 0.2) is 0 Å². The summed E-state index contributed by atoms with van der Waals surface area (Å²) in [6, 6.07) is 6.73. The molecule has 0 aromatic heterocycles. The monoisotopic (exact) mass is 389 g/mol. The Morgan fingerprint density at radius 2 is 2.14 bits per heavy atom. The van der Waals surface area contributed by atoms with E-state index in [1.165, 1.54) is 28.0 Å². The Hall–Kier alpha value is 0.160. The molecular weight excluding hydrogens is 366 g/mol. The molecule has 1 aromatic carbocycles. The fourth-order valence-corrected chi connectivity index (χ4v) is 6.48. The Morgan fingerprint density at radius 1 is 1.38 bits per heavy atom. The molecule has 0 bridgehead atoms. The van der Waals surface area contributed by atoms with Crippen molar-refractivity contribution in [2.24, 2.45) is 0 Å². The highest BCUT2D eigenvalue weighted by Gasteiger charge is 2.31. The molecule has 1 fully saturated rings. The van der Waals surface area contributed by atoms with E-state index in [4.69, 9.17) is 4.74 Å². The highest BCUT2D eigenvalue weighted by molar-refractivity contribution is 9.10. The van der Waals surface area contributed by atoms with Crippen LogP contribution in [-0.2, 0) is 6.42 Å². The van der Waals surface area contributed by atoms with E-state index in [0.29, 0.717) is 11.3 Å². The molecule has 0 amide bonds. The maximum atomic E-state index is 5.36. The number of thioether (sulfide) groups is 2. The van der Waals surface area contributed by atoms with E-state index in [1.54, 1.807) is 7.11 Å². The summed E-state index contributed by atoms with van der Waals surface area (Å²) in [4.78, 5) is 0. The van der Waals surface area contributed by atoms with Gasteiger partial charge in [-0.3, -0.25) is 0 Å². The van der Waals surface area contributed by atoms with Crippen LogP contribution in [0.2, 0.25) is 0 Å². The Kier molecular flexibility index (Phi) is 7.26. The normalized spacial score (nSPS) is 23.8. The molecule has 2 nitrogen and oxygen atoms in total. The number of nitrogens with one attached hydrogen (secondary N) is 1. The van der Waals surface area contributed by atoms with Crippen LogP contribution in [0.4, 0.5) is 0 Å². The Bertz CT molecular complexity index is 458. The average Bonchev–Trinajstić information content (AvgIpc) is 2.54. The van der Waals surface area contributed by atoms with Gasteiger partial charge >= 0.3 is 0 Å². The number of halogens is 1. The van der Waals surface area contributed by atoms with Gasteiger partial charge in [-0.05, 0) is 43.7 Å². The molecule has 3 atom stereocenters. The van der Waals surface area contributed by atoms with Crippen LogP contribution < -0.4 is 10.1 Å². The molecular formula is C16H24BrNOS2. The largest absolute Gasteiger partial charge is 0.497 e. The smallest absolute Gasteiger partial charge is 0.119 e. The Morgan fingerprint density at radius 3 is 2.81 bits per heavy atom. The molecule has 1 aliphatic heterocycles. The third-order valence-corrected chi connectivity index (χ3v) is 8.14. The fraction of sp³-hybridized carbons (Fsp3) is 0.625. The number of methoxy groups -OCH3 is 1. The summed E-state index contributed by atoms with van der Waals surface area (Å²) < 4.78 is 6.53. The second-order valence-electron chi connectivity index (χ2n) is 5.21. The molecule has 3 unspecified atom stereocenters. The van der Waals surface area contributed by atoms with Gasteiger partial charge in [-0.15, -0.1) is 0 Å². The Balaban J connectivity index is 2.14. The third-order valence-electron chi connectivity index (χ3n) is 3.95. The first kappa shape index (κ1) is 17.5. The van der Waals surface area contributed by atoms with Crippen LogP contribution in [-0.4, -0.2) is 42.2 Å². The van der Waals surface area contributed by atoms with Gasteiger partial charge in [0.25, 0.3) is 0 Å². The lowest BCUT2D eigenvalue weighted by Gasteiger charge is -2.36. The van der Waals surface area contributed by atoms with Gasteiger partial charge in [0.2, 0.25) is 0 Å². The van der Waals surface area contributed by atoms with Gasteiger partial charge < -0.3 is 10.1 Å². The van der Waals surface area contributed by atoms with Gasteiger partial charge in [0.1, 0.15) is 5.75 Å². The maximum absolute atomic E-state index is 5.36. The molecule has 0 radical (unpaired) electrons. The van der Waals surface area contributed by atoms with Crippen LogP contribution in [0.1, 0.15) is 18.9 Å². The minimum atomic E-state index is 0.496. The predicted octanol–water partition coefficient (Wildman–Crippen LogP) is 4.22. The molecule has 1 saturated heterocycles. The highest BCUT2D eigenvalue weighted by Crippen LogP contribution is 2.36. The predicted molar refractivity (Wildman–Crippen MR) is 100 cm³/mol. The molecule has 1 heterocycles. The number of hydrogen-bond donors (Lipinski definition) is 1. The molecule has 0 saturated carbocycles. The summed E-state index contributed by atoms with van der Waals surface area (Å²) in [7, 11) is 3.81. The zero-order valence-electron chi connectivity index (χ0n) is 12.9. The zero-order valence-corrected chi connectivity index (χ0v) is 16.1. The van der Waals surface area contributed by atoms with E-state index >= 15 is 0 Å². The topological polar surface area (TPSA) is 21.3 Å². The number of hydrogen-bond acceptors (Lipinski definition) is 4. The van der Waals surface area contributed by atoms with Gasteiger partial charge in [0, 0.05) is 32.5 Å². The Labute approximate surface area is 145 Å². The van der Waals surface area contributed by atoms with E-state index in [2.05, 4.69) is 70.9 Å². The van der Waals surface area contributed by atoms with E-state index in [9.17, 15) is 0 Å². The van der Waals surface area contributed by atoms with Crippen LogP contribution in [0.5, 0.6) is 5.75 Å². The number of benzene rings is 1. The molecule has 21 heavy (non-hydrogen) atoms.